The molecule has 0 bridgehead atoms. The summed E-state index contributed by atoms with van der Waals surface area (Å²) in [5, 5.41) is 0. The lowest BCUT2D eigenvalue weighted by Gasteiger charge is -2.24. The van der Waals surface area contributed by atoms with E-state index in [0.717, 1.165) is 32.1 Å². The lowest BCUT2D eigenvalue weighted by atomic mass is 10.4. The molecule has 6 nitrogen and oxygen atoms in total. The average molecular weight is 210 g/mol. The molecule has 82 valence electrons. The molecule has 2 rings (SSSR count). The molecule has 0 aromatic carbocycles. The Balaban J connectivity index is 2.27. The van der Waals surface area contributed by atoms with E-state index < -0.39 is 0 Å². The summed E-state index contributed by atoms with van der Waals surface area (Å²) in [7, 11) is 1.85. The highest BCUT2D eigenvalue weighted by Gasteiger charge is 2.20. The summed E-state index contributed by atoms with van der Waals surface area (Å²) in [6, 6.07) is 0. The van der Waals surface area contributed by atoms with Gasteiger partial charge in [0, 0.05) is 20.0 Å². The minimum atomic E-state index is 0.490. The maximum atomic E-state index is 5.78. The molecule has 1 aromatic heterocycles. The number of anilines is 2. The fourth-order valence-electron chi connectivity index (χ4n) is 1.49. The highest BCUT2D eigenvalue weighted by molar-refractivity contribution is 5.32. The first kappa shape index (κ1) is 10.1. The SMILES string of the molecule is Cc1nc(N2CCOCC2)nc(N)[n+]1C. The van der Waals surface area contributed by atoms with Crippen molar-refractivity contribution in [2.75, 3.05) is 36.9 Å². The van der Waals surface area contributed by atoms with Crippen LogP contribution < -0.4 is 15.2 Å². The Labute approximate surface area is 88.7 Å². The molecule has 0 radical (unpaired) electrons. The first-order chi connectivity index (χ1) is 7.18. The van der Waals surface area contributed by atoms with Gasteiger partial charge in [0.25, 0.3) is 0 Å². The van der Waals surface area contributed by atoms with Gasteiger partial charge in [-0.3, -0.25) is 0 Å². The maximum Gasteiger partial charge on any atom is 0.348 e. The van der Waals surface area contributed by atoms with E-state index in [0.29, 0.717) is 11.9 Å². The van der Waals surface area contributed by atoms with Crippen molar-refractivity contribution in [3.8, 4) is 0 Å². The van der Waals surface area contributed by atoms with Crippen molar-refractivity contribution in [2.24, 2.45) is 7.05 Å². The number of hydrogen-bond acceptors (Lipinski definition) is 5. The zero-order chi connectivity index (χ0) is 10.8. The molecule has 0 aliphatic carbocycles. The number of aromatic nitrogens is 3. The molecule has 0 atom stereocenters. The molecule has 0 spiro atoms. The first-order valence-corrected chi connectivity index (χ1v) is 5.01. The highest BCUT2D eigenvalue weighted by Crippen LogP contribution is 2.09. The Morgan fingerprint density at radius 2 is 2.00 bits per heavy atom. The third-order valence-electron chi connectivity index (χ3n) is 2.60. The van der Waals surface area contributed by atoms with Crippen molar-refractivity contribution in [2.45, 2.75) is 6.92 Å². The Morgan fingerprint density at radius 1 is 1.33 bits per heavy atom. The second-order valence-corrected chi connectivity index (χ2v) is 3.59. The number of aryl methyl sites for hydroxylation is 1. The van der Waals surface area contributed by atoms with E-state index in [9.17, 15) is 0 Å². The molecule has 0 unspecified atom stereocenters. The zero-order valence-electron chi connectivity index (χ0n) is 9.10. The molecular weight excluding hydrogens is 194 g/mol. The topological polar surface area (TPSA) is 68.1 Å². The van der Waals surface area contributed by atoms with Gasteiger partial charge in [-0.2, -0.15) is 0 Å². The first-order valence-electron chi connectivity index (χ1n) is 5.01. The van der Waals surface area contributed by atoms with Crippen molar-refractivity contribution >= 4 is 11.9 Å². The second-order valence-electron chi connectivity index (χ2n) is 3.59. The van der Waals surface area contributed by atoms with E-state index in [1.807, 2.05) is 14.0 Å². The molecule has 2 heterocycles. The number of ether oxygens (including phenoxy) is 1. The van der Waals surface area contributed by atoms with Crippen LogP contribution in [0.3, 0.4) is 0 Å². The van der Waals surface area contributed by atoms with Crippen molar-refractivity contribution in [3.05, 3.63) is 5.82 Å². The van der Waals surface area contributed by atoms with E-state index in [4.69, 9.17) is 10.5 Å². The van der Waals surface area contributed by atoms with Gasteiger partial charge >= 0.3 is 11.9 Å². The number of nitrogens with zero attached hydrogens (tertiary/aromatic N) is 4. The van der Waals surface area contributed by atoms with E-state index in [1.54, 1.807) is 4.57 Å². The lowest BCUT2D eigenvalue weighted by molar-refractivity contribution is -0.668. The van der Waals surface area contributed by atoms with Crippen LogP contribution in [-0.4, -0.2) is 36.3 Å². The average Bonchev–Trinajstić information content (AvgIpc) is 2.26. The van der Waals surface area contributed by atoms with Crippen LogP contribution >= 0.6 is 0 Å². The van der Waals surface area contributed by atoms with Gasteiger partial charge in [-0.15, -0.1) is 0 Å². The second kappa shape index (κ2) is 3.98. The third kappa shape index (κ3) is 1.99. The predicted octanol–water partition coefficient (Wildman–Crippen LogP) is -0.972. The lowest BCUT2D eigenvalue weighted by Crippen LogP contribution is -2.42. The van der Waals surface area contributed by atoms with Gasteiger partial charge in [0.05, 0.1) is 20.3 Å². The van der Waals surface area contributed by atoms with Crippen LogP contribution in [0, 0.1) is 6.92 Å². The van der Waals surface area contributed by atoms with Crippen LogP contribution in [0.25, 0.3) is 0 Å². The molecule has 0 amide bonds. The van der Waals surface area contributed by atoms with E-state index in [1.165, 1.54) is 0 Å². The Hall–Kier alpha value is -1.43. The van der Waals surface area contributed by atoms with Crippen molar-refractivity contribution in [3.63, 3.8) is 0 Å². The molecule has 6 heteroatoms. The van der Waals surface area contributed by atoms with Crippen LogP contribution in [0.2, 0.25) is 0 Å². The van der Waals surface area contributed by atoms with Gasteiger partial charge in [-0.25, -0.2) is 4.57 Å². The smallest absolute Gasteiger partial charge is 0.348 e. The molecule has 1 aromatic rings. The molecule has 1 saturated heterocycles. The molecule has 1 fully saturated rings. The quantitative estimate of drug-likeness (QED) is 0.604. The Morgan fingerprint density at radius 3 is 2.60 bits per heavy atom. The van der Waals surface area contributed by atoms with Crippen LogP contribution in [0.15, 0.2) is 0 Å². The van der Waals surface area contributed by atoms with Crippen LogP contribution in [0.5, 0.6) is 0 Å². The fourth-order valence-corrected chi connectivity index (χ4v) is 1.49. The minimum Gasteiger partial charge on any atom is -0.378 e. The Kier molecular flexibility index (Phi) is 2.68. The zero-order valence-corrected chi connectivity index (χ0v) is 9.10. The van der Waals surface area contributed by atoms with E-state index in [-0.39, 0.29) is 0 Å². The number of hydrogen-bond donors (Lipinski definition) is 1. The summed E-state index contributed by atoms with van der Waals surface area (Å²) in [5.41, 5.74) is 5.78. The molecule has 1 aliphatic rings. The standard InChI is InChI=1S/C9H15N5O/c1-7-11-9(12-8(10)13(7)2)14-3-5-15-6-4-14/h10H,3-6H2,1-2H3/p+1. The van der Waals surface area contributed by atoms with Crippen LogP contribution in [0.4, 0.5) is 11.9 Å². The van der Waals surface area contributed by atoms with Gasteiger partial charge in [0.1, 0.15) is 0 Å². The van der Waals surface area contributed by atoms with Gasteiger partial charge in [0.15, 0.2) is 0 Å². The van der Waals surface area contributed by atoms with Crippen molar-refractivity contribution < 1.29 is 9.30 Å². The molecular formula is C9H16N5O+. The maximum absolute atomic E-state index is 5.78. The highest BCUT2D eigenvalue weighted by atomic mass is 16.5. The summed E-state index contributed by atoms with van der Waals surface area (Å²) in [6.45, 7) is 5.02. The number of nitrogens with two attached hydrogens (primary N) is 1. The normalized spacial score (nSPS) is 16.8. The Bertz CT molecular complexity index is 339. The van der Waals surface area contributed by atoms with Gasteiger partial charge < -0.3 is 15.4 Å². The van der Waals surface area contributed by atoms with Crippen LogP contribution in [0.1, 0.15) is 5.82 Å². The van der Waals surface area contributed by atoms with Crippen LogP contribution in [-0.2, 0) is 11.8 Å². The van der Waals surface area contributed by atoms with E-state index >= 15 is 0 Å². The summed E-state index contributed by atoms with van der Waals surface area (Å²) >= 11 is 0. The number of morpholine rings is 1. The third-order valence-corrected chi connectivity index (χ3v) is 2.60. The minimum absolute atomic E-state index is 0.490. The fraction of sp³-hybridized carbons (Fsp3) is 0.667. The summed E-state index contributed by atoms with van der Waals surface area (Å²) < 4.78 is 7.04. The van der Waals surface area contributed by atoms with Crippen molar-refractivity contribution in [1.82, 2.24) is 9.97 Å². The van der Waals surface area contributed by atoms with Gasteiger partial charge in [-0.1, -0.05) is 9.97 Å². The van der Waals surface area contributed by atoms with E-state index in [2.05, 4.69) is 14.9 Å². The molecule has 2 N–H and O–H groups in total. The van der Waals surface area contributed by atoms with Gasteiger partial charge in [-0.05, 0) is 0 Å². The molecule has 15 heavy (non-hydrogen) atoms. The number of nitrogen functional groups attached to an aromatic ring is 1. The molecule has 0 saturated carbocycles. The summed E-state index contributed by atoms with van der Waals surface area (Å²) in [5.74, 6) is 2.05. The largest absolute Gasteiger partial charge is 0.378 e. The number of rotatable bonds is 1. The van der Waals surface area contributed by atoms with Gasteiger partial charge in [0.2, 0.25) is 5.82 Å². The summed E-state index contributed by atoms with van der Waals surface area (Å²) in [4.78, 5) is 10.7. The van der Waals surface area contributed by atoms with Crippen molar-refractivity contribution in [1.29, 1.82) is 0 Å². The molecule has 1 aliphatic heterocycles. The monoisotopic (exact) mass is 210 g/mol. The predicted molar refractivity (Wildman–Crippen MR) is 55.4 cm³/mol. The summed E-state index contributed by atoms with van der Waals surface area (Å²) in [6.07, 6.45) is 0.